The molecule has 3 aliphatic rings. The van der Waals surface area contributed by atoms with Crippen molar-refractivity contribution in [1.82, 2.24) is 35.3 Å². The molecule has 1 saturated carbocycles. The molecule has 2 N–H and O–H groups in total. The van der Waals surface area contributed by atoms with Gasteiger partial charge in [-0.1, -0.05) is 31.5 Å². The van der Waals surface area contributed by atoms with Crippen LogP contribution in [0.25, 0.3) is 5.69 Å². The summed E-state index contributed by atoms with van der Waals surface area (Å²) in [6, 6.07) is 7.11. The fraction of sp³-hybridized carbons (Fsp3) is 0.588. The van der Waals surface area contributed by atoms with E-state index in [0.717, 1.165) is 30.6 Å². The Morgan fingerprint density at radius 3 is 2.37 bits per heavy atom. The zero-order chi connectivity index (χ0) is 37.3. The summed E-state index contributed by atoms with van der Waals surface area (Å²) in [5.41, 5.74) is 0.0742. The van der Waals surface area contributed by atoms with Crippen molar-refractivity contribution in [3.05, 3.63) is 42.1 Å². The average Bonchev–Trinajstić information content (AvgIpc) is 3.77. The van der Waals surface area contributed by atoms with Crippen LogP contribution in [-0.4, -0.2) is 125 Å². The van der Waals surface area contributed by atoms with Gasteiger partial charge in [-0.05, 0) is 50.7 Å². The van der Waals surface area contributed by atoms with E-state index in [1.807, 2.05) is 6.92 Å². The molecule has 1 aliphatic carbocycles. The number of rotatable bonds is 14. The second kappa shape index (κ2) is 17.6. The molecular formula is C34H44F3N7O8. The van der Waals surface area contributed by atoms with E-state index in [1.54, 1.807) is 30.3 Å². The maximum atomic E-state index is 13.7. The number of nitrogens with one attached hydrogen (secondary N) is 2. The highest BCUT2D eigenvalue weighted by Crippen LogP contribution is 2.26. The van der Waals surface area contributed by atoms with Crippen LogP contribution >= 0.6 is 0 Å². The lowest BCUT2D eigenvalue weighted by atomic mass is 9.93. The minimum atomic E-state index is -4.80. The number of alkyl halides is 3. The van der Waals surface area contributed by atoms with Gasteiger partial charge < -0.3 is 34.7 Å². The number of carbonyl (C=O) groups excluding carboxylic acids is 5. The molecule has 4 amide bonds. The number of halogens is 3. The first-order valence-corrected chi connectivity index (χ1v) is 17.6. The van der Waals surface area contributed by atoms with E-state index >= 15 is 0 Å². The quantitative estimate of drug-likeness (QED) is 0.218. The summed E-state index contributed by atoms with van der Waals surface area (Å²) < 4.78 is 53.0. The molecule has 18 heteroatoms. The van der Waals surface area contributed by atoms with Gasteiger partial charge in [-0.15, -0.1) is 5.06 Å². The van der Waals surface area contributed by atoms with Crippen LogP contribution in [0.5, 0.6) is 5.88 Å². The van der Waals surface area contributed by atoms with E-state index in [-0.39, 0.29) is 56.3 Å². The average molecular weight is 736 g/mol. The zero-order valence-corrected chi connectivity index (χ0v) is 28.9. The highest BCUT2D eigenvalue weighted by Gasteiger charge is 2.40. The Balaban J connectivity index is 1.24. The molecule has 284 valence electrons. The van der Waals surface area contributed by atoms with Crippen LogP contribution in [0.15, 0.2) is 36.4 Å². The molecular weight excluding hydrogens is 691 g/mol. The number of para-hydroxylation sites is 1. The van der Waals surface area contributed by atoms with Crippen molar-refractivity contribution in [2.45, 2.75) is 82.6 Å². The van der Waals surface area contributed by atoms with Crippen LogP contribution in [0.1, 0.15) is 68.8 Å². The van der Waals surface area contributed by atoms with E-state index in [4.69, 9.17) is 14.3 Å². The Morgan fingerprint density at radius 2 is 1.71 bits per heavy atom. The summed E-state index contributed by atoms with van der Waals surface area (Å²) in [5, 5.41) is 10.7. The third-order valence-corrected chi connectivity index (χ3v) is 9.09. The van der Waals surface area contributed by atoms with E-state index in [9.17, 15) is 37.1 Å². The van der Waals surface area contributed by atoms with Crippen LogP contribution in [0.2, 0.25) is 0 Å². The number of unbranched alkanes of at least 4 members (excludes halogenated alkanes) is 1. The van der Waals surface area contributed by atoms with Gasteiger partial charge in [-0.25, -0.2) is 9.48 Å². The number of piperazine rings is 1. The number of ether oxygens (including phenoxy) is 2. The van der Waals surface area contributed by atoms with Crippen LogP contribution in [0.3, 0.4) is 0 Å². The van der Waals surface area contributed by atoms with E-state index in [2.05, 4.69) is 15.7 Å². The maximum absolute atomic E-state index is 13.7. The van der Waals surface area contributed by atoms with Gasteiger partial charge in [0.2, 0.25) is 17.7 Å². The minimum Gasteiger partial charge on any atom is -0.467 e. The third-order valence-electron chi connectivity index (χ3n) is 9.09. The summed E-state index contributed by atoms with van der Waals surface area (Å²) in [6.07, 6.45) is -1.85. The molecule has 3 fully saturated rings. The summed E-state index contributed by atoms with van der Waals surface area (Å²) in [5.74, 6) is -2.75. The molecule has 2 saturated heterocycles. The van der Waals surface area contributed by atoms with Gasteiger partial charge in [0.25, 0.3) is 11.8 Å². The van der Waals surface area contributed by atoms with Gasteiger partial charge in [0, 0.05) is 31.7 Å². The van der Waals surface area contributed by atoms with Crippen molar-refractivity contribution >= 4 is 29.8 Å². The van der Waals surface area contributed by atoms with Crippen LogP contribution in [0.4, 0.5) is 18.0 Å². The topological polar surface area (TPSA) is 165 Å². The second-order valence-electron chi connectivity index (χ2n) is 12.9. The fourth-order valence-corrected chi connectivity index (χ4v) is 6.05. The Morgan fingerprint density at radius 1 is 0.981 bits per heavy atom. The maximum Gasteiger partial charge on any atom is 0.527 e. The molecule has 5 rings (SSSR count). The number of benzene rings is 1. The lowest BCUT2D eigenvalue weighted by Crippen LogP contribution is -2.56. The van der Waals surface area contributed by atoms with Crippen molar-refractivity contribution in [2.24, 2.45) is 0 Å². The molecule has 2 aromatic rings. The molecule has 1 aromatic carbocycles. The smallest absolute Gasteiger partial charge is 0.467 e. The zero-order valence-electron chi connectivity index (χ0n) is 28.9. The van der Waals surface area contributed by atoms with Crippen molar-refractivity contribution in [3.8, 4) is 11.6 Å². The van der Waals surface area contributed by atoms with Gasteiger partial charge in [0.15, 0.2) is 12.3 Å². The molecule has 0 radical (unpaired) electrons. The van der Waals surface area contributed by atoms with Crippen molar-refractivity contribution in [2.75, 3.05) is 45.9 Å². The second-order valence-corrected chi connectivity index (χ2v) is 12.9. The number of carbonyl (C=O) groups is 5. The standard InChI is InChI=1S/C34H44F3N7O8/c1-2-3-19-50-33(49)52-42-17-15-41(16-18-42)32(48)26(21-34(35,36)37)39-30(46)25-20-29(44(40-25)24-11-5-4-6-12-24)51-22-28(45)43-14-8-13-27(43)31(47)38-23-9-7-10-23/h4-6,11-12,20,23,26-27H,2-3,7-10,13-19,21-22H2,1H3,(H,38,47)(H,39,46)/t26-,27-/m0/s1. The van der Waals surface area contributed by atoms with Gasteiger partial charge in [-0.2, -0.15) is 18.3 Å². The fourth-order valence-electron chi connectivity index (χ4n) is 6.05. The summed E-state index contributed by atoms with van der Waals surface area (Å²) in [7, 11) is 0. The highest BCUT2D eigenvalue weighted by molar-refractivity contribution is 5.96. The number of aromatic nitrogens is 2. The molecule has 0 bridgehead atoms. The predicted octanol–water partition coefficient (Wildman–Crippen LogP) is 2.97. The van der Waals surface area contributed by atoms with Gasteiger partial charge in [0.1, 0.15) is 12.1 Å². The first kappa shape index (κ1) is 38.4. The number of hydroxylamine groups is 2. The Hall–Kier alpha value is -4.87. The van der Waals surface area contributed by atoms with Crippen LogP contribution in [-0.2, 0) is 24.0 Å². The van der Waals surface area contributed by atoms with Crippen LogP contribution in [0, 0.1) is 0 Å². The highest BCUT2D eigenvalue weighted by atomic mass is 19.4. The number of amides is 4. The normalized spacial score (nSPS) is 18.7. The van der Waals surface area contributed by atoms with E-state index in [1.165, 1.54) is 20.7 Å². The van der Waals surface area contributed by atoms with Crippen molar-refractivity contribution in [3.63, 3.8) is 0 Å². The van der Waals surface area contributed by atoms with Gasteiger partial charge in [0.05, 0.1) is 31.8 Å². The number of hydrogen-bond donors (Lipinski definition) is 2. The van der Waals surface area contributed by atoms with E-state index < -0.39 is 55.2 Å². The first-order valence-electron chi connectivity index (χ1n) is 17.6. The SMILES string of the molecule is CCCCOC(=O)ON1CCN(C(=O)[C@H](CC(F)(F)F)NC(=O)c2cc(OCC(=O)N3CCC[C@H]3C(=O)NC3CCC3)n(-c3ccccc3)n2)CC1. The molecule has 15 nitrogen and oxygen atoms in total. The third kappa shape index (κ3) is 10.4. The number of nitrogens with zero attached hydrogens (tertiary/aromatic N) is 5. The van der Waals surface area contributed by atoms with Gasteiger partial charge in [-0.3, -0.25) is 19.2 Å². The molecule has 0 unspecified atom stereocenters. The Bertz CT molecular complexity index is 1560. The predicted molar refractivity (Wildman–Crippen MR) is 177 cm³/mol. The van der Waals surface area contributed by atoms with Crippen molar-refractivity contribution in [1.29, 1.82) is 0 Å². The lowest BCUT2D eigenvalue weighted by molar-refractivity contribution is -0.165. The lowest BCUT2D eigenvalue weighted by Gasteiger charge is -2.35. The summed E-state index contributed by atoms with van der Waals surface area (Å²) in [6.45, 7) is 1.89. The Kier molecular flexibility index (Phi) is 13.0. The van der Waals surface area contributed by atoms with Gasteiger partial charge >= 0.3 is 12.3 Å². The number of hydrogen-bond acceptors (Lipinski definition) is 10. The minimum absolute atomic E-state index is 0.0194. The first-order chi connectivity index (χ1) is 24.9. The van der Waals surface area contributed by atoms with Crippen LogP contribution < -0.4 is 15.4 Å². The molecule has 2 atom stereocenters. The molecule has 0 spiro atoms. The van der Waals surface area contributed by atoms with Crippen molar-refractivity contribution < 1.29 is 51.5 Å². The van der Waals surface area contributed by atoms with E-state index in [0.29, 0.717) is 31.5 Å². The molecule has 2 aliphatic heterocycles. The molecule has 52 heavy (non-hydrogen) atoms. The summed E-state index contributed by atoms with van der Waals surface area (Å²) in [4.78, 5) is 72.4. The number of likely N-dealkylation sites (tertiary alicyclic amines) is 1. The summed E-state index contributed by atoms with van der Waals surface area (Å²) >= 11 is 0. The molecule has 1 aromatic heterocycles. The monoisotopic (exact) mass is 735 g/mol. The largest absolute Gasteiger partial charge is 0.527 e. The molecule has 3 heterocycles. The Labute approximate surface area is 298 Å².